The maximum atomic E-state index is 12.4. The number of halogens is 4. The van der Waals surface area contributed by atoms with Gasteiger partial charge in [0.2, 0.25) is 0 Å². The molecule has 2 rings (SSSR count). The van der Waals surface area contributed by atoms with Crippen molar-refractivity contribution in [1.82, 2.24) is 0 Å². The van der Waals surface area contributed by atoms with Crippen molar-refractivity contribution in [2.24, 2.45) is 0 Å². The third-order valence-electron chi connectivity index (χ3n) is 2.63. The van der Waals surface area contributed by atoms with Crippen LogP contribution in [0.2, 0.25) is 15.1 Å². The predicted molar refractivity (Wildman–Crippen MR) is 91.2 cm³/mol. The minimum absolute atomic E-state index is 0.107. The van der Waals surface area contributed by atoms with E-state index in [1.54, 1.807) is 12.1 Å². The summed E-state index contributed by atoms with van der Waals surface area (Å²) >= 11 is 20.9. The number of rotatable bonds is 3. The van der Waals surface area contributed by atoms with Crippen LogP contribution in [-0.4, -0.2) is 8.42 Å². The Labute approximate surface area is 146 Å². The van der Waals surface area contributed by atoms with Gasteiger partial charge in [0.15, 0.2) is 0 Å². The molecule has 0 spiro atoms. The van der Waals surface area contributed by atoms with Crippen LogP contribution in [0.4, 0.5) is 5.69 Å². The zero-order valence-corrected chi connectivity index (χ0v) is 15.3. The second-order valence-electron chi connectivity index (χ2n) is 4.29. The van der Waals surface area contributed by atoms with E-state index in [9.17, 15) is 8.42 Å². The molecule has 8 heteroatoms. The van der Waals surface area contributed by atoms with Gasteiger partial charge < -0.3 is 0 Å². The summed E-state index contributed by atoms with van der Waals surface area (Å²) in [6, 6.07) is 7.67. The van der Waals surface area contributed by atoms with Crippen molar-refractivity contribution < 1.29 is 8.42 Å². The number of anilines is 1. The third-order valence-corrected chi connectivity index (χ3v) is 6.01. The van der Waals surface area contributed by atoms with Crippen LogP contribution < -0.4 is 4.72 Å². The van der Waals surface area contributed by atoms with Crippen molar-refractivity contribution in [2.75, 3.05) is 4.72 Å². The van der Waals surface area contributed by atoms with Gasteiger partial charge in [-0.3, -0.25) is 4.72 Å². The molecule has 3 nitrogen and oxygen atoms in total. The average Bonchev–Trinajstić information content (AvgIpc) is 2.35. The van der Waals surface area contributed by atoms with E-state index in [2.05, 4.69) is 20.7 Å². The lowest BCUT2D eigenvalue weighted by Gasteiger charge is -2.12. The van der Waals surface area contributed by atoms with E-state index in [4.69, 9.17) is 34.8 Å². The van der Waals surface area contributed by atoms with E-state index >= 15 is 0 Å². The highest BCUT2D eigenvalue weighted by Crippen LogP contribution is 2.34. The number of benzene rings is 2. The largest absolute Gasteiger partial charge is 0.278 e. The summed E-state index contributed by atoms with van der Waals surface area (Å²) in [4.78, 5) is 0.107. The van der Waals surface area contributed by atoms with E-state index < -0.39 is 10.0 Å². The fraction of sp³-hybridized carbons (Fsp3) is 0.0769. The second kappa shape index (κ2) is 6.34. The van der Waals surface area contributed by atoms with Crippen LogP contribution in [0.25, 0.3) is 0 Å². The van der Waals surface area contributed by atoms with E-state index in [1.807, 2.05) is 6.92 Å². The minimum atomic E-state index is -3.80. The Morgan fingerprint density at radius 2 is 1.62 bits per heavy atom. The molecule has 0 fully saturated rings. The van der Waals surface area contributed by atoms with Crippen LogP contribution in [-0.2, 0) is 10.0 Å². The molecule has 0 bridgehead atoms. The molecule has 0 saturated heterocycles. The summed E-state index contributed by atoms with van der Waals surface area (Å²) in [6.07, 6.45) is 0. The van der Waals surface area contributed by atoms with Gasteiger partial charge in [0, 0.05) is 4.47 Å². The summed E-state index contributed by atoms with van der Waals surface area (Å²) in [6.45, 7) is 1.87. The first-order valence-corrected chi connectivity index (χ1v) is 9.05. The van der Waals surface area contributed by atoms with Crippen molar-refractivity contribution in [3.63, 3.8) is 0 Å². The van der Waals surface area contributed by atoms with Gasteiger partial charge in [0.1, 0.15) is 4.90 Å². The van der Waals surface area contributed by atoms with Gasteiger partial charge in [-0.2, -0.15) is 0 Å². The molecule has 0 aliphatic carbocycles. The molecule has 0 aliphatic rings. The fourth-order valence-corrected chi connectivity index (χ4v) is 4.54. The Bertz CT molecular complexity index is 809. The van der Waals surface area contributed by atoms with E-state index in [0.717, 1.165) is 5.56 Å². The van der Waals surface area contributed by atoms with Gasteiger partial charge >= 0.3 is 0 Å². The van der Waals surface area contributed by atoms with E-state index in [-0.39, 0.29) is 25.7 Å². The SMILES string of the molecule is Cc1ccc(S(=O)(=O)Nc2cc(Cl)c(Cl)cc2Cl)c(Br)c1. The molecule has 2 aromatic rings. The second-order valence-corrected chi connectivity index (χ2v) is 8.01. The zero-order valence-electron chi connectivity index (χ0n) is 10.6. The van der Waals surface area contributed by atoms with Crippen molar-refractivity contribution >= 4 is 66.4 Å². The number of nitrogens with one attached hydrogen (secondary N) is 1. The van der Waals surface area contributed by atoms with Gasteiger partial charge in [-0.05, 0) is 52.7 Å². The van der Waals surface area contributed by atoms with Gasteiger partial charge in [-0.1, -0.05) is 40.9 Å². The molecule has 0 radical (unpaired) electrons. The Hall–Kier alpha value is -0.460. The number of aryl methyl sites for hydroxylation is 1. The quantitative estimate of drug-likeness (QED) is 0.653. The number of hydrogen-bond acceptors (Lipinski definition) is 2. The van der Waals surface area contributed by atoms with E-state index in [0.29, 0.717) is 4.47 Å². The van der Waals surface area contributed by atoms with Gasteiger partial charge in [0.05, 0.1) is 20.8 Å². The molecule has 21 heavy (non-hydrogen) atoms. The lowest BCUT2D eigenvalue weighted by Crippen LogP contribution is -2.14. The highest BCUT2D eigenvalue weighted by molar-refractivity contribution is 9.10. The van der Waals surface area contributed by atoms with Crippen molar-refractivity contribution in [3.05, 3.63) is 55.4 Å². The molecular formula is C13H9BrCl3NO2S. The Balaban J connectivity index is 2.45. The first kappa shape index (κ1) is 16.9. The Morgan fingerprint density at radius 3 is 2.24 bits per heavy atom. The predicted octanol–water partition coefficient (Wildman–Crippen LogP) is 5.52. The standard InChI is InChI=1S/C13H9BrCl3NO2S/c1-7-2-3-13(8(14)4-7)21(19,20)18-12-6-10(16)9(15)5-11(12)17/h2-6,18H,1H3. The first-order valence-electron chi connectivity index (χ1n) is 5.64. The summed E-state index contributed by atoms with van der Waals surface area (Å²) in [5, 5.41) is 0.624. The van der Waals surface area contributed by atoms with Gasteiger partial charge in [0.25, 0.3) is 10.0 Å². The molecule has 0 saturated carbocycles. The Morgan fingerprint density at radius 1 is 1.00 bits per heavy atom. The molecule has 2 aromatic carbocycles. The molecule has 0 aromatic heterocycles. The Kier molecular flexibility index (Phi) is 5.11. The molecule has 0 unspecified atom stereocenters. The van der Waals surface area contributed by atoms with Crippen molar-refractivity contribution in [1.29, 1.82) is 0 Å². The molecule has 0 atom stereocenters. The monoisotopic (exact) mass is 427 g/mol. The highest BCUT2D eigenvalue weighted by atomic mass is 79.9. The summed E-state index contributed by atoms with van der Waals surface area (Å²) < 4.78 is 27.7. The van der Waals surface area contributed by atoms with Crippen LogP contribution in [0.5, 0.6) is 0 Å². The maximum Gasteiger partial charge on any atom is 0.263 e. The topological polar surface area (TPSA) is 46.2 Å². The van der Waals surface area contributed by atoms with Crippen LogP contribution in [0.3, 0.4) is 0 Å². The molecule has 0 aliphatic heterocycles. The fourth-order valence-electron chi connectivity index (χ4n) is 1.62. The maximum absolute atomic E-state index is 12.4. The first-order chi connectivity index (χ1) is 9.70. The van der Waals surface area contributed by atoms with Crippen LogP contribution in [0.1, 0.15) is 5.56 Å². The van der Waals surface area contributed by atoms with Gasteiger partial charge in [-0.25, -0.2) is 8.42 Å². The molecular weight excluding hydrogens is 420 g/mol. The minimum Gasteiger partial charge on any atom is -0.278 e. The van der Waals surface area contributed by atoms with E-state index in [1.165, 1.54) is 18.2 Å². The summed E-state index contributed by atoms with van der Waals surface area (Å²) in [7, 11) is -3.80. The molecule has 1 N–H and O–H groups in total. The lowest BCUT2D eigenvalue weighted by atomic mass is 10.2. The van der Waals surface area contributed by atoms with Crippen molar-refractivity contribution in [3.8, 4) is 0 Å². The summed E-state index contributed by atoms with van der Waals surface area (Å²) in [5.41, 5.74) is 1.10. The normalized spacial score (nSPS) is 11.5. The highest BCUT2D eigenvalue weighted by Gasteiger charge is 2.19. The van der Waals surface area contributed by atoms with Gasteiger partial charge in [-0.15, -0.1) is 0 Å². The molecule has 0 heterocycles. The smallest absolute Gasteiger partial charge is 0.263 e. The molecule has 112 valence electrons. The van der Waals surface area contributed by atoms with Crippen molar-refractivity contribution in [2.45, 2.75) is 11.8 Å². The third kappa shape index (κ3) is 3.85. The average molecular weight is 430 g/mol. The van der Waals surface area contributed by atoms with Crippen LogP contribution >= 0.6 is 50.7 Å². The molecule has 0 amide bonds. The zero-order chi connectivity index (χ0) is 15.8. The van der Waals surface area contributed by atoms with Crippen LogP contribution in [0, 0.1) is 6.92 Å². The van der Waals surface area contributed by atoms with Crippen LogP contribution in [0.15, 0.2) is 39.7 Å². The summed E-state index contributed by atoms with van der Waals surface area (Å²) in [5.74, 6) is 0. The lowest BCUT2D eigenvalue weighted by molar-refractivity contribution is 0.600. The number of hydrogen-bond donors (Lipinski definition) is 1. The number of sulfonamides is 1.